The van der Waals surface area contributed by atoms with Crippen LogP contribution in [-0.4, -0.2) is 62.8 Å². The highest BCUT2D eigenvalue weighted by molar-refractivity contribution is 5.27. The number of benzene rings is 1. The Labute approximate surface area is 176 Å². The topological polar surface area (TPSA) is 77.4 Å². The Morgan fingerprint density at radius 3 is 2.00 bits per heavy atom. The van der Waals surface area contributed by atoms with Crippen LogP contribution in [0.5, 0.6) is 5.75 Å². The highest BCUT2D eigenvalue weighted by Gasteiger charge is 2.06. The average molecular weight is 413 g/mol. The van der Waals surface area contributed by atoms with Crippen molar-refractivity contribution in [2.45, 2.75) is 64.6 Å². The molecule has 168 valence electrons. The lowest BCUT2D eigenvalue weighted by Gasteiger charge is -2.14. The lowest BCUT2D eigenvalue weighted by molar-refractivity contribution is -0.0858. The first-order valence-corrected chi connectivity index (χ1v) is 11.0. The Morgan fingerprint density at radius 1 is 0.759 bits per heavy atom. The Morgan fingerprint density at radius 2 is 1.34 bits per heavy atom. The first-order valence-electron chi connectivity index (χ1n) is 11.0. The van der Waals surface area contributed by atoms with Gasteiger partial charge in [-0.3, -0.25) is 0 Å². The van der Waals surface area contributed by atoms with Gasteiger partial charge in [-0.05, 0) is 30.5 Å². The van der Waals surface area contributed by atoms with E-state index in [4.69, 9.17) is 24.1 Å². The van der Waals surface area contributed by atoms with Crippen molar-refractivity contribution in [2.24, 2.45) is 0 Å². The number of hydrogen-bond acceptors (Lipinski definition) is 6. The molecular weight excluding hydrogens is 372 g/mol. The number of aliphatic hydroxyl groups excluding tert-OH is 2. The summed E-state index contributed by atoms with van der Waals surface area (Å²) in [5.74, 6) is 0.640. The van der Waals surface area contributed by atoms with E-state index >= 15 is 0 Å². The molecule has 0 saturated heterocycles. The molecule has 0 radical (unpaired) electrons. The molecule has 0 amide bonds. The van der Waals surface area contributed by atoms with E-state index in [1.807, 2.05) is 12.1 Å². The predicted molar refractivity (Wildman–Crippen MR) is 114 cm³/mol. The summed E-state index contributed by atoms with van der Waals surface area (Å²) in [6.45, 7) is 4.36. The van der Waals surface area contributed by atoms with Crippen molar-refractivity contribution in [1.29, 1.82) is 0 Å². The van der Waals surface area contributed by atoms with E-state index in [1.165, 1.54) is 50.5 Å². The van der Waals surface area contributed by atoms with Gasteiger partial charge in [0.1, 0.15) is 12.4 Å². The third-order valence-electron chi connectivity index (χ3n) is 4.50. The van der Waals surface area contributed by atoms with E-state index in [2.05, 4.69) is 19.1 Å². The monoisotopic (exact) mass is 412 g/mol. The molecule has 0 aromatic heterocycles. The molecule has 0 aliphatic heterocycles. The Bertz CT molecular complexity index is 465. The van der Waals surface area contributed by atoms with Crippen LogP contribution in [0.3, 0.4) is 0 Å². The molecule has 1 unspecified atom stereocenters. The minimum atomic E-state index is -1.00. The SMILES string of the molecule is CCCCCCCCCc1ccc(OC(O)COCCOCCOCCO)cc1. The van der Waals surface area contributed by atoms with Crippen LogP contribution in [0.4, 0.5) is 0 Å². The zero-order valence-corrected chi connectivity index (χ0v) is 18.0. The molecule has 0 fully saturated rings. The summed E-state index contributed by atoms with van der Waals surface area (Å²) in [5, 5.41) is 18.5. The molecule has 0 heterocycles. The molecule has 6 nitrogen and oxygen atoms in total. The highest BCUT2D eigenvalue weighted by atomic mass is 16.6. The van der Waals surface area contributed by atoms with Gasteiger partial charge in [-0.2, -0.15) is 0 Å². The Kier molecular flexibility index (Phi) is 16.8. The summed E-state index contributed by atoms with van der Waals surface area (Å²) in [4.78, 5) is 0. The first-order chi connectivity index (χ1) is 14.3. The molecule has 0 saturated carbocycles. The molecule has 0 aliphatic carbocycles. The fraction of sp³-hybridized carbons (Fsp3) is 0.739. The van der Waals surface area contributed by atoms with Gasteiger partial charge in [0, 0.05) is 0 Å². The standard InChI is InChI=1S/C23H40O6/c1-2-3-4-5-6-7-8-9-21-10-12-22(13-11-21)29-23(25)20-28-19-18-27-17-16-26-15-14-24/h10-13,23-25H,2-9,14-20H2,1H3. The van der Waals surface area contributed by atoms with Gasteiger partial charge < -0.3 is 29.2 Å². The minimum absolute atomic E-state index is 0.0168. The molecule has 1 rings (SSSR count). The Balaban J connectivity index is 2.03. The normalized spacial score (nSPS) is 12.2. The summed E-state index contributed by atoms with van der Waals surface area (Å²) < 4.78 is 21.2. The van der Waals surface area contributed by atoms with E-state index < -0.39 is 6.29 Å². The van der Waals surface area contributed by atoms with Gasteiger partial charge in [0.2, 0.25) is 6.29 Å². The van der Waals surface area contributed by atoms with Crippen LogP contribution in [0.25, 0.3) is 0 Å². The zero-order valence-electron chi connectivity index (χ0n) is 18.0. The van der Waals surface area contributed by atoms with Crippen LogP contribution in [0, 0.1) is 0 Å². The van der Waals surface area contributed by atoms with Crippen LogP contribution in [-0.2, 0) is 20.6 Å². The maximum Gasteiger partial charge on any atom is 0.221 e. The van der Waals surface area contributed by atoms with Gasteiger partial charge in [-0.25, -0.2) is 0 Å². The minimum Gasteiger partial charge on any atom is -0.463 e. The number of ether oxygens (including phenoxy) is 4. The molecular formula is C23H40O6. The largest absolute Gasteiger partial charge is 0.463 e. The lowest BCUT2D eigenvalue weighted by atomic mass is 10.0. The summed E-state index contributed by atoms with van der Waals surface area (Å²) >= 11 is 0. The van der Waals surface area contributed by atoms with Gasteiger partial charge >= 0.3 is 0 Å². The third-order valence-corrected chi connectivity index (χ3v) is 4.50. The van der Waals surface area contributed by atoms with Crippen LogP contribution in [0.2, 0.25) is 0 Å². The molecule has 1 aromatic carbocycles. The van der Waals surface area contributed by atoms with Crippen molar-refractivity contribution in [2.75, 3.05) is 46.2 Å². The molecule has 0 aliphatic rings. The molecule has 1 atom stereocenters. The van der Waals surface area contributed by atoms with E-state index in [9.17, 15) is 5.11 Å². The maximum absolute atomic E-state index is 9.90. The van der Waals surface area contributed by atoms with Crippen molar-refractivity contribution in [3.05, 3.63) is 29.8 Å². The number of rotatable bonds is 20. The fourth-order valence-corrected chi connectivity index (χ4v) is 2.90. The molecule has 0 bridgehead atoms. The second kappa shape index (κ2) is 18.8. The van der Waals surface area contributed by atoms with E-state index in [0.29, 0.717) is 38.8 Å². The van der Waals surface area contributed by atoms with Gasteiger partial charge in [0.25, 0.3) is 0 Å². The number of aryl methyl sites for hydroxylation is 1. The van der Waals surface area contributed by atoms with E-state index in [0.717, 1.165) is 6.42 Å². The molecule has 29 heavy (non-hydrogen) atoms. The first kappa shape index (κ1) is 25.9. The van der Waals surface area contributed by atoms with E-state index in [1.54, 1.807) is 0 Å². The van der Waals surface area contributed by atoms with Gasteiger partial charge in [-0.15, -0.1) is 0 Å². The predicted octanol–water partition coefficient (Wildman–Crippen LogP) is 3.72. The lowest BCUT2D eigenvalue weighted by Crippen LogP contribution is -2.23. The molecule has 1 aromatic rings. The van der Waals surface area contributed by atoms with Gasteiger partial charge in [0.15, 0.2) is 0 Å². The van der Waals surface area contributed by atoms with Crippen LogP contribution in [0.1, 0.15) is 57.4 Å². The van der Waals surface area contributed by atoms with Crippen LogP contribution in [0.15, 0.2) is 24.3 Å². The second-order valence-electron chi connectivity index (χ2n) is 7.11. The van der Waals surface area contributed by atoms with Crippen LogP contribution < -0.4 is 4.74 Å². The zero-order chi connectivity index (χ0) is 21.0. The van der Waals surface area contributed by atoms with Crippen molar-refractivity contribution in [3.8, 4) is 5.75 Å². The van der Waals surface area contributed by atoms with Gasteiger partial charge in [0.05, 0.1) is 39.6 Å². The third kappa shape index (κ3) is 15.3. The number of aliphatic hydroxyl groups is 2. The van der Waals surface area contributed by atoms with Crippen molar-refractivity contribution >= 4 is 0 Å². The molecule has 0 spiro atoms. The number of unbranched alkanes of at least 4 members (excludes halogenated alkanes) is 6. The van der Waals surface area contributed by atoms with Crippen molar-refractivity contribution < 1.29 is 29.2 Å². The fourth-order valence-electron chi connectivity index (χ4n) is 2.90. The quantitative estimate of drug-likeness (QED) is 0.251. The summed E-state index contributed by atoms with van der Waals surface area (Å²) in [6, 6.07) is 7.92. The summed E-state index contributed by atoms with van der Waals surface area (Å²) in [6.07, 6.45) is 9.29. The average Bonchev–Trinajstić information content (AvgIpc) is 2.73. The van der Waals surface area contributed by atoms with Gasteiger partial charge in [-0.1, -0.05) is 57.6 Å². The molecule has 2 N–H and O–H groups in total. The second-order valence-corrected chi connectivity index (χ2v) is 7.11. The molecule has 6 heteroatoms. The maximum atomic E-state index is 9.90. The Hall–Kier alpha value is -1.18. The smallest absolute Gasteiger partial charge is 0.221 e. The summed E-state index contributed by atoms with van der Waals surface area (Å²) in [5.41, 5.74) is 1.30. The van der Waals surface area contributed by atoms with E-state index in [-0.39, 0.29) is 13.2 Å². The number of hydrogen-bond donors (Lipinski definition) is 2. The summed E-state index contributed by atoms with van der Waals surface area (Å²) in [7, 11) is 0. The van der Waals surface area contributed by atoms with Crippen molar-refractivity contribution in [3.63, 3.8) is 0 Å². The van der Waals surface area contributed by atoms with Crippen molar-refractivity contribution in [1.82, 2.24) is 0 Å². The highest BCUT2D eigenvalue weighted by Crippen LogP contribution is 2.16. The van der Waals surface area contributed by atoms with Crippen LogP contribution >= 0.6 is 0 Å².